The lowest BCUT2D eigenvalue weighted by atomic mass is 9.91. The summed E-state index contributed by atoms with van der Waals surface area (Å²) >= 11 is 0. The van der Waals surface area contributed by atoms with Crippen LogP contribution in [0.15, 0.2) is 12.1 Å². The molecule has 1 aliphatic rings. The van der Waals surface area contributed by atoms with Crippen LogP contribution < -0.4 is 4.90 Å². The SMILES string of the molecule is CCC1(O)CN(c2cc(C#N)cc(C)n2)C1. The zero-order valence-corrected chi connectivity index (χ0v) is 9.56. The number of aliphatic hydroxyl groups is 1. The highest BCUT2D eigenvalue weighted by Gasteiger charge is 2.40. The van der Waals surface area contributed by atoms with Gasteiger partial charge in [0.1, 0.15) is 5.82 Å². The Labute approximate surface area is 95.1 Å². The number of hydrogen-bond donors (Lipinski definition) is 1. The Morgan fingerprint density at radius 1 is 1.56 bits per heavy atom. The number of pyridine rings is 1. The molecule has 1 saturated heterocycles. The Kier molecular flexibility index (Phi) is 2.56. The van der Waals surface area contributed by atoms with Gasteiger partial charge in [0.05, 0.1) is 17.2 Å². The molecule has 1 aromatic heterocycles. The van der Waals surface area contributed by atoms with Crippen LogP contribution in [0.5, 0.6) is 0 Å². The highest BCUT2D eigenvalue weighted by molar-refractivity contribution is 5.49. The number of aromatic nitrogens is 1. The Hall–Kier alpha value is -1.60. The minimum Gasteiger partial charge on any atom is -0.386 e. The van der Waals surface area contributed by atoms with Crippen molar-refractivity contribution < 1.29 is 5.11 Å². The van der Waals surface area contributed by atoms with Gasteiger partial charge < -0.3 is 10.0 Å². The molecular formula is C12H15N3O. The Morgan fingerprint density at radius 2 is 2.25 bits per heavy atom. The molecule has 0 unspecified atom stereocenters. The van der Waals surface area contributed by atoms with Crippen molar-refractivity contribution in [3.05, 3.63) is 23.4 Å². The quantitative estimate of drug-likeness (QED) is 0.809. The van der Waals surface area contributed by atoms with Crippen LogP contribution >= 0.6 is 0 Å². The maximum atomic E-state index is 9.91. The average molecular weight is 217 g/mol. The molecule has 16 heavy (non-hydrogen) atoms. The maximum Gasteiger partial charge on any atom is 0.130 e. The standard InChI is InChI=1S/C12H15N3O/c1-3-12(16)7-15(8-12)11-5-10(6-13)4-9(2)14-11/h4-5,16H,3,7-8H2,1-2H3. The van der Waals surface area contributed by atoms with E-state index in [2.05, 4.69) is 11.1 Å². The van der Waals surface area contributed by atoms with Crippen LogP contribution in [0.1, 0.15) is 24.6 Å². The van der Waals surface area contributed by atoms with Crippen LogP contribution in [0.25, 0.3) is 0 Å². The largest absolute Gasteiger partial charge is 0.386 e. The van der Waals surface area contributed by atoms with E-state index in [1.807, 2.05) is 18.7 Å². The number of hydrogen-bond acceptors (Lipinski definition) is 4. The molecule has 0 radical (unpaired) electrons. The van der Waals surface area contributed by atoms with Gasteiger partial charge in [0.15, 0.2) is 0 Å². The minimum atomic E-state index is -0.571. The van der Waals surface area contributed by atoms with Crippen LogP contribution in [0, 0.1) is 18.3 Å². The topological polar surface area (TPSA) is 60.1 Å². The summed E-state index contributed by atoms with van der Waals surface area (Å²) in [6.07, 6.45) is 0.750. The van der Waals surface area contributed by atoms with Gasteiger partial charge in [-0.1, -0.05) is 6.92 Å². The molecule has 0 spiro atoms. The van der Waals surface area contributed by atoms with Gasteiger partial charge in [-0.2, -0.15) is 5.26 Å². The molecule has 1 fully saturated rings. The molecule has 84 valence electrons. The maximum absolute atomic E-state index is 9.91. The molecule has 1 aromatic rings. The molecule has 2 rings (SSSR count). The molecule has 0 saturated carbocycles. The molecule has 0 bridgehead atoms. The molecule has 0 aliphatic carbocycles. The first kappa shape index (κ1) is 10.9. The molecule has 0 aromatic carbocycles. The van der Waals surface area contributed by atoms with Gasteiger partial charge in [0.2, 0.25) is 0 Å². The van der Waals surface area contributed by atoms with Gasteiger partial charge in [0.25, 0.3) is 0 Å². The number of nitriles is 1. The van der Waals surface area contributed by atoms with Gasteiger partial charge in [-0.25, -0.2) is 4.98 Å². The third-order valence-corrected chi connectivity index (χ3v) is 3.02. The normalized spacial score (nSPS) is 17.8. The third kappa shape index (κ3) is 1.86. The van der Waals surface area contributed by atoms with Crippen molar-refractivity contribution >= 4 is 5.82 Å². The second kappa shape index (κ2) is 3.76. The van der Waals surface area contributed by atoms with Gasteiger partial charge in [-0.15, -0.1) is 0 Å². The first-order valence-corrected chi connectivity index (χ1v) is 5.42. The van der Waals surface area contributed by atoms with E-state index < -0.39 is 5.60 Å². The van der Waals surface area contributed by atoms with Gasteiger partial charge >= 0.3 is 0 Å². The molecule has 0 atom stereocenters. The Morgan fingerprint density at radius 3 is 2.81 bits per heavy atom. The fourth-order valence-corrected chi connectivity index (χ4v) is 1.93. The Bertz CT molecular complexity index is 444. The van der Waals surface area contributed by atoms with Crippen molar-refractivity contribution in [3.63, 3.8) is 0 Å². The molecule has 2 heterocycles. The lowest BCUT2D eigenvalue weighted by molar-refractivity contribution is 0.00805. The zero-order valence-electron chi connectivity index (χ0n) is 9.56. The summed E-state index contributed by atoms with van der Waals surface area (Å²) < 4.78 is 0. The molecule has 0 amide bonds. The second-order valence-corrected chi connectivity index (χ2v) is 4.40. The number of rotatable bonds is 2. The van der Waals surface area contributed by atoms with Crippen molar-refractivity contribution in [3.8, 4) is 6.07 Å². The lowest BCUT2D eigenvalue weighted by Gasteiger charge is -2.46. The van der Waals surface area contributed by atoms with Crippen LogP contribution in [0.2, 0.25) is 0 Å². The van der Waals surface area contributed by atoms with E-state index in [4.69, 9.17) is 5.26 Å². The first-order valence-electron chi connectivity index (χ1n) is 5.42. The molecular weight excluding hydrogens is 202 g/mol. The number of anilines is 1. The van der Waals surface area contributed by atoms with Crippen LogP contribution in [-0.2, 0) is 0 Å². The number of nitrogens with zero attached hydrogens (tertiary/aromatic N) is 3. The van der Waals surface area contributed by atoms with Crippen molar-refractivity contribution in [2.75, 3.05) is 18.0 Å². The van der Waals surface area contributed by atoms with Gasteiger partial charge in [-0.3, -0.25) is 0 Å². The predicted octanol–water partition coefficient (Wildman–Crippen LogP) is 1.22. The van der Waals surface area contributed by atoms with E-state index >= 15 is 0 Å². The summed E-state index contributed by atoms with van der Waals surface area (Å²) in [5.74, 6) is 0.787. The highest BCUT2D eigenvalue weighted by Crippen LogP contribution is 2.29. The van der Waals surface area contributed by atoms with Crippen LogP contribution in [-0.4, -0.2) is 28.8 Å². The lowest BCUT2D eigenvalue weighted by Crippen LogP contribution is -2.61. The van der Waals surface area contributed by atoms with Gasteiger partial charge in [-0.05, 0) is 25.5 Å². The summed E-state index contributed by atoms with van der Waals surface area (Å²) in [6.45, 7) is 5.05. The first-order chi connectivity index (χ1) is 7.56. The van der Waals surface area contributed by atoms with Crippen molar-refractivity contribution in [1.29, 1.82) is 5.26 Å². The van der Waals surface area contributed by atoms with E-state index in [1.54, 1.807) is 12.1 Å². The van der Waals surface area contributed by atoms with E-state index in [9.17, 15) is 5.11 Å². The molecule has 4 nitrogen and oxygen atoms in total. The average Bonchev–Trinajstić information content (AvgIpc) is 2.23. The van der Waals surface area contributed by atoms with Crippen LogP contribution in [0.3, 0.4) is 0 Å². The van der Waals surface area contributed by atoms with E-state index in [-0.39, 0.29) is 0 Å². The Balaban J connectivity index is 2.18. The fourth-order valence-electron chi connectivity index (χ4n) is 1.93. The van der Waals surface area contributed by atoms with Gasteiger partial charge in [0, 0.05) is 18.8 Å². The molecule has 1 N–H and O–H groups in total. The zero-order chi connectivity index (χ0) is 11.8. The second-order valence-electron chi connectivity index (χ2n) is 4.40. The monoisotopic (exact) mass is 217 g/mol. The molecule has 1 aliphatic heterocycles. The minimum absolute atomic E-state index is 0.571. The summed E-state index contributed by atoms with van der Waals surface area (Å²) in [7, 11) is 0. The van der Waals surface area contributed by atoms with Crippen molar-refractivity contribution in [1.82, 2.24) is 4.98 Å². The predicted molar refractivity (Wildman–Crippen MR) is 61.1 cm³/mol. The number of aryl methyl sites for hydroxylation is 1. The highest BCUT2D eigenvalue weighted by atomic mass is 16.3. The van der Waals surface area contributed by atoms with Crippen molar-refractivity contribution in [2.45, 2.75) is 25.9 Å². The van der Waals surface area contributed by atoms with Crippen molar-refractivity contribution in [2.24, 2.45) is 0 Å². The number of β-amino-alcohol motifs (C(OH)–C–C–N with tert-alkyl or cyclic N) is 1. The smallest absolute Gasteiger partial charge is 0.130 e. The van der Waals surface area contributed by atoms with E-state index in [1.165, 1.54) is 0 Å². The fraction of sp³-hybridized carbons (Fsp3) is 0.500. The van der Waals surface area contributed by atoms with E-state index in [0.717, 1.165) is 17.9 Å². The summed E-state index contributed by atoms with van der Waals surface area (Å²) in [4.78, 5) is 6.36. The summed E-state index contributed by atoms with van der Waals surface area (Å²) in [5.41, 5.74) is 0.883. The molecule has 4 heteroatoms. The summed E-state index contributed by atoms with van der Waals surface area (Å²) in [5, 5.41) is 18.8. The van der Waals surface area contributed by atoms with Crippen LogP contribution in [0.4, 0.5) is 5.82 Å². The van der Waals surface area contributed by atoms with E-state index in [0.29, 0.717) is 18.7 Å². The summed E-state index contributed by atoms with van der Waals surface area (Å²) in [6, 6.07) is 5.64. The third-order valence-electron chi connectivity index (χ3n) is 3.02.